The number of nitrogens with one attached hydrogen (secondary N) is 2. The minimum Gasteiger partial charge on any atom is -0.495 e. The summed E-state index contributed by atoms with van der Waals surface area (Å²) in [4.78, 5) is 16.9. The molecule has 0 atom stereocenters. The molecule has 2 aromatic rings. The van der Waals surface area contributed by atoms with Gasteiger partial charge in [-0.15, -0.1) is 0 Å². The molecule has 1 aliphatic rings. The first-order valence-electron chi connectivity index (χ1n) is 9.37. The third kappa shape index (κ3) is 5.37. The van der Waals surface area contributed by atoms with E-state index in [1.54, 1.807) is 7.11 Å². The van der Waals surface area contributed by atoms with Crippen molar-refractivity contribution < 1.29 is 9.53 Å². The lowest BCUT2D eigenvalue weighted by Crippen LogP contribution is -2.48. The van der Waals surface area contributed by atoms with Crippen LogP contribution >= 0.6 is 0 Å². The number of carbonyl (C=O) groups is 1. The Morgan fingerprint density at radius 3 is 2.59 bits per heavy atom. The number of nitrogens with zero attached hydrogens (tertiary/aromatic N) is 2. The van der Waals surface area contributed by atoms with Gasteiger partial charge in [0.1, 0.15) is 5.75 Å². The van der Waals surface area contributed by atoms with Gasteiger partial charge in [0.2, 0.25) is 0 Å². The first-order chi connectivity index (χ1) is 13.2. The lowest BCUT2D eigenvalue weighted by atomic mass is 10.2. The number of anilines is 2. The lowest BCUT2D eigenvalue weighted by Gasteiger charge is -2.36. The van der Waals surface area contributed by atoms with Crippen molar-refractivity contribution in [1.29, 1.82) is 0 Å². The van der Waals surface area contributed by atoms with Crippen LogP contribution in [0.2, 0.25) is 0 Å². The quantitative estimate of drug-likeness (QED) is 0.823. The van der Waals surface area contributed by atoms with Crippen LogP contribution in [0.25, 0.3) is 0 Å². The Morgan fingerprint density at radius 2 is 1.85 bits per heavy atom. The van der Waals surface area contributed by atoms with Gasteiger partial charge in [-0.1, -0.05) is 24.3 Å². The van der Waals surface area contributed by atoms with Crippen LogP contribution in [0.5, 0.6) is 5.75 Å². The monoisotopic (exact) mass is 368 g/mol. The number of benzene rings is 2. The van der Waals surface area contributed by atoms with E-state index in [1.807, 2.05) is 24.3 Å². The SMILES string of the molecule is COc1ccccc1NC(=O)NCCN1CCN(c2cccc(C)c2)CC1. The summed E-state index contributed by atoms with van der Waals surface area (Å²) < 4.78 is 5.24. The first kappa shape index (κ1) is 19.0. The minimum atomic E-state index is -0.210. The van der Waals surface area contributed by atoms with Crippen LogP contribution in [0.15, 0.2) is 48.5 Å². The van der Waals surface area contributed by atoms with Gasteiger partial charge < -0.3 is 20.3 Å². The highest BCUT2D eigenvalue weighted by atomic mass is 16.5. The number of ether oxygens (including phenoxy) is 1. The van der Waals surface area contributed by atoms with Gasteiger partial charge in [-0.2, -0.15) is 0 Å². The number of amides is 2. The molecule has 2 aromatic carbocycles. The zero-order chi connectivity index (χ0) is 19.1. The zero-order valence-corrected chi connectivity index (χ0v) is 16.1. The van der Waals surface area contributed by atoms with Crippen LogP contribution in [0.3, 0.4) is 0 Å². The molecule has 3 rings (SSSR count). The van der Waals surface area contributed by atoms with E-state index >= 15 is 0 Å². The number of aryl methyl sites for hydroxylation is 1. The predicted molar refractivity (Wildman–Crippen MR) is 110 cm³/mol. The number of rotatable bonds is 6. The molecule has 0 unspecified atom stereocenters. The molecule has 1 saturated heterocycles. The van der Waals surface area contributed by atoms with Crippen molar-refractivity contribution >= 4 is 17.4 Å². The minimum absolute atomic E-state index is 0.210. The molecule has 6 nitrogen and oxygen atoms in total. The number of urea groups is 1. The number of hydrogen-bond donors (Lipinski definition) is 2. The largest absolute Gasteiger partial charge is 0.495 e. The topological polar surface area (TPSA) is 56.8 Å². The number of piperazine rings is 1. The van der Waals surface area contributed by atoms with Gasteiger partial charge in [-0.25, -0.2) is 4.79 Å². The highest BCUT2D eigenvalue weighted by molar-refractivity contribution is 5.90. The van der Waals surface area contributed by atoms with Crippen LogP contribution in [0.1, 0.15) is 5.56 Å². The summed E-state index contributed by atoms with van der Waals surface area (Å²) in [5, 5.41) is 5.75. The van der Waals surface area contributed by atoms with Gasteiger partial charge in [0.25, 0.3) is 0 Å². The zero-order valence-electron chi connectivity index (χ0n) is 16.1. The van der Waals surface area contributed by atoms with Gasteiger partial charge >= 0.3 is 6.03 Å². The second kappa shape index (κ2) is 9.28. The van der Waals surface area contributed by atoms with E-state index in [0.29, 0.717) is 18.0 Å². The van der Waals surface area contributed by atoms with E-state index in [2.05, 4.69) is 51.6 Å². The molecule has 1 fully saturated rings. The number of methoxy groups -OCH3 is 1. The average Bonchev–Trinajstić information content (AvgIpc) is 2.69. The van der Waals surface area contributed by atoms with Crippen LogP contribution in [-0.2, 0) is 0 Å². The summed E-state index contributed by atoms with van der Waals surface area (Å²) in [7, 11) is 1.59. The molecule has 0 radical (unpaired) electrons. The van der Waals surface area contributed by atoms with Crippen molar-refractivity contribution in [1.82, 2.24) is 10.2 Å². The summed E-state index contributed by atoms with van der Waals surface area (Å²) in [5.74, 6) is 0.653. The maximum atomic E-state index is 12.1. The molecule has 0 aliphatic carbocycles. The van der Waals surface area contributed by atoms with Gasteiger partial charge in [0.05, 0.1) is 12.8 Å². The fraction of sp³-hybridized carbons (Fsp3) is 0.381. The molecule has 1 heterocycles. The molecule has 2 amide bonds. The van der Waals surface area contributed by atoms with Gasteiger partial charge in [0.15, 0.2) is 0 Å². The summed E-state index contributed by atoms with van der Waals surface area (Å²) >= 11 is 0. The number of carbonyl (C=O) groups excluding carboxylic acids is 1. The number of para-hydroxylation sites is 2. The highest BCUT2D eigenvalue weighted by Gasteiger charge is 2.17. The summed E-state index contributed by atoms with van der Waals surface area (Å²) in [5.41, 5.74) is 3.26. The Morgan fingerprint density at radius 1 is 1.07 bits per heavy atom. The summed E-state index contributed by atoms with van der Waals surface area (Å²) in [6, 6.07) is 15.8. The van der Waals surface area contributed by atoms with Crippen LogP contribution in [0, 0.1) is 6.92 Å². The average molecular weight is 368 g/mol. The van der Waals surface area contributed by atoms with E-state index in [0.717, 1.165) is 32.7 Å². The number of hydrogen-bond acceptors (Lipinski definition) is 4. The highest BCUT2D eigenvalue weighted by Crippen LogP contribution is 2.22. The van der Waals surface area contributed by atoms with Crippen LogP contribution < -0.4 is 20.3 Å². The second-order valence-electron chi connectivity index (χ2n) is 6.75. The Bertz CT molecular complexity index is 757. The Hall–Kier alpha value is -2.73. The van der Waals surface area contributed by atoms with E-state index < -0.39 is 0 Å². The second-order valence-corrected chi connectivity index (χ2v) is 6.75. The van der Waals surface area contributed by atoms with Crippen molar-refractivity contribution in [3.05, 3.63) is 54.1 Å². The molecule has 0 saturated carbocycles. The third-order valence-corrected chi connectivity index (χ3v) is 4.81. The maximum absolute atomic E-state index is 12.1. The molecule has 2 N–H and O–H groups in total. The Balaban J connectivity index is 1.38. The molecule has 1 aliphatic heterocycles. The molecule has 0 bridgehead atoms. The van der Waals surface area contributed by atoms with Crippen molar-refractivity contribution in [3.63, 3.8) is 0 Å². The maximum Gasteiger partial charge on any atom is 0.319 e. The normalized spacial score (nSPS) is 14.7. The fourth-order valence-electron chi connectivity index (χ4n) is 3.30. The predicted octanol–water partition coefficient (Wildman–Crippen LogP) is 2.95. The molecule has 0 spiro atoms. The van der Waals surface area contributed by atoms with E-state index in [1.165, 1.54) is 11.3 Å². The van der Waals surface area contributed by atoms with Crippen LogP contribution in [-0.4, -0.2) is 57.3 Å². The van der Waals surface area contributed by atoms with E-state index in [9.17, 15) is 4.79 Å². The fourth-order valence-corrected chi connectivity index (χ4v) is 3.30. The lowest BCUT2D eigenvalue weighted by molar-refractivity contribution is 0.240. The van der Waals surface area contributed by atoms with Gasteiger partial charge in [-0.05, 0) is 36.8 Å². The molecular formula is C21H28N4O2. The summed E-state index contributed by atoms with van der Waals surface area (Å²) in [6.45, 7) is 7.62. The summed E-state index contributed by atoms with van der Waals surface area (Å²) in [6.07, 6.45) is 0. The van der Waals surface area contributed by atoms with Gasteiger partial charge in [0, 0.05) is 45.0 Å². The van der Waals surface area contributed by atoms with Crippen molar-refractivity contribution in [2.45, 2.75) is 6.92 Å². The molecule has 144 valence electrons. The van der Waals surface area contributed by atoms with Crippen molar-refractivity contribution in [3.8, 4) is 5.75 Å². The van der Waals surface area contributed by atoms with Crippen molar-refractivity contribution in [2.75, 3.05) is 56.6 Å². The first-order valence-corrected chi connectivity index (χ1v) is 9.37. The molecule has 27 heavy (non-hydrogen) atoms. The van der Waals surface area contributed by atoms with Crippen LogP contribution in [0.4, 0.5) is 16.2 Å². The standard InChI is InChI=1S/C21H28N4O2/c1-17-6-5-7-18(16-17)25-14-12-24(13-15-25)11-10-22-21(26)23-19-8-3-4-9-20(19)27-2/h3-9,16H,10-15H2,1-2H3,(H2,22,23,26). The van der Waals surface area contributed by atoms with Gasteiger partial charge in [-0.3, -0.25) is 4.90 Å². The van der Waals surface area contributed by atoms with E-state index in [4.69, 9.17) is 4.74 Å². The van der Waals surface area contributed by atoms with E-state index in [-0.39, 0.29) is 6.03 Å². The smallest absolute Gasteiger partial charge is 0.319 e. The Kier molecular flexibility index (Phi) is 6.54. The third-order valence-electron chi connectivity index (χ3n) is 4.81. The molecular weight excluding hydrogens is 340 g/mol. The van der Waals surface area contributed by atoms with Crippen molar-refractivity contribution in [2.24, 2.45) is 0 Å². The Labute approximate surface area is 161 Å². The molecule has 0 aromatic heterocycles. The molecule has 6 heteroatoms.